The summed E-state index contributed by atoms with van der Waals surface area (Å²) in [5.74, 6) is -0.613. The first-order valence-corrected chi connectivity index (χ1v) is 10.9. The van der Waals surface area contributed by atoms with Crippen LogP contribution in [0.15, 0.2) is 36.5 Å². The van der Waals surface area contributed by atoms with Crippen LogP contribution in [0.1, 0.15) is 38.3 Å². The van der Waals surface area contributed by atoms with Crippen molar-refractivity contribution in [1.29, 1.82) is 0 Å². The van der Waals surface area contributed by atoms with Crippen molar-refractivity contribution < 1.29 is 14.7 Å². The molecule has 1 fully saturated rings. The molecule has 1 aromatic heterocycles. The molecule has 0 bridgehead atoms. The van der Waals surface area contributed by atoms with Gasteiger partial charge in [0.15, 0.2) is 5.82 Å². The topological polar surface area (TPSA) is 99.8 Å². The number of nitrogens with two attached hydrogens (primary N) is 1. The number of benzene rings is 1. The number of hydrogen-bond acceptors (Lipinski definition) is 5. The fraction of sp³-hybridized carbons (Fsp3) is 0.409. The Morgan fingerprint density at radius 3 is 2.45 bits per heavy atom. The van der Waals surface area contributed by atoms with Crippen LogP contribution in [0.5, 0.6) is 0 Å². The van der Waals surface area contributed by atoms with E-state index in [4.69, 9.17) is 34.0 Å². The summed E-state index contributed by atoms with van der Waals surface area (Å²) in [6.45, 7) is 4.91. The maximum atomic E-state index is 12.7. The first kappa shape index (κ1) is 23.2. The van der Waals surface area contributed by atoms with Gasteiger partial charge in [-0.1, -0.05) is 49.2 Å². The van der Waals surface area contributed by atoms with Crippen molar-refractivity contribution in [3.8, 4) is 0 Å². The van der Waals surface area contributed by atoms with Gasteiger partial charge >= 0.3 is 5.97 Å². The van der Waals surface area contributed by atoms with Crippen molar-refractivity contribution in [1.82, 2.24) is 9.88 Å². The van der Waals surface area contributed by atoms with Crippen LogP contribution in [0.2, 0.25) is 10.0 Å². The summed E-state index contributed by atoms with van der Waals surface area (Å²) in [6.07, 6.45) is 1.79. The number of anilines is 2. The number of carboxylic acid groups (broad SMARTS) is 1. The number of aromatic nitrogens is 1. The average Bonchev–Trinajstić information content (AvgIpc) is 2.68. The Morgan fingerprint density at radius 2 is 1.87 bits per heavy atom. The van der Waals surface area contributed by atoms with Gasteiger partial charge in [0.1, 0.15) is 6.42 Å². The van der Waals surface area contributed by atoms with Crippen LogP contribution in [0.25, 0.3) is 0 Å². The van der Waals surface area contributed by atoms with Gasteiger partial charge in [-0.2, -0.15) is 0 Å². The van der Waals surface area contributed by atoms with Crippen LogP contribution in [-0.4, -0.2) is 46.0 Å². The van der Waals surface area contributed by atoms with E-state index < -0.39 is 18.3 Å². The Balaban J connectivity index is 2.08. The van der Waals surface area contributed by atoms with E-state index in [2.05, 4.69) is 23.7 Å². The second-order valence-corrected chi connectivity index (χ2v) is 9.07. The maximum absolute atomic E-state index is 12.7. The predicted molar refractivity (Wildman–Crippen MR) is 122 cm³/mol. The third-order valence-corrected chi connectivity index (χ3v) is 5.77. The largest absolute Gasteiger partial charge is 0.481 e. The summed E-state index contributed by atoms with van der Waals surface area (Å²) in [5.41, 5.74) is 7.68. The van der Waals surface area contributed by atoms with Crippen LogP contribution in [0, 0.1) is 5.92 Å². The number of aliphatic carboxylic acids is 1. The van der Waals surface area contributed by atoms with E-state index in [0.29, 0.717) is 40.6 Å². The molecule has 1 aliphatic heterocycles. The van der Waals surface area contributed by atoms with E-state index >= 15 is 0 Å². The molecule has 2 aromatic rings. The number of hydrogen-bond donors (Lipinski definition) is 2. The molecule has 1 amide bonds. The van der Waals surface area contributed by atoms with Gasteiger partial charge in [-0.25, -0.2) is 4.98 Å². The zero-order valence-corrected chi connectivity index (χ0v) is 19.0. The van der Waals surface area contributed by atoms with Crippen LogP contribution >= 0.6 is 23.2 Å². The quantitative estimate of drug-likeness (QED) is 0.619. The molecule has 7 nitrogen and oxygen atoms in total. The molecule has 2 unspecified atom stereocenters. The predicted octanol–water partition coefficient (Wildman–Crippen LogP) is 4.25. The standard InChI is InChI=1S/C22H26Cl2N4O3/c1-13(2)7-17-11-27(20(29)9-21(30)31)12-19(14-3-5-15(23)6-4-14)28(17)22-18(25)8-16(24)10-26-22/h3-6,8,10,13,17,19H,7,9,11-12,25H2,1-2H3,(H,30,31). The lowest BCUT2D eigenvalue weighted by molar-refractivity contribution is -0.144. The number of amides is 1. The first-order chi connectivity index (χ1) is 14.7. The van der Waals surface area contributed by atoms with Crippen LogP contribution in [0.3, 0.4) is 0 Å². The maximum Gasteiger partial charge on any atom is 0.312 e. The lowest BCUT2D eigenvalue weighted by atomic mass is 9.93. The minimum Gasteiger partial charge on any atom is -0.481 e. The van der Waals surface area contributed by atoms with Crippen molar-refractivity contribution in [2.24, 2.45) is 5.92 Å². The van der Waals surface area contributed by atoms with Crippen LogP contribution < -0.4 is 10.6 Å². The number of carbonyl (C=O) groups is 2. The summed E-state index contributed by atoms with van der Waals surface area (Å²) >= 11 is 12.2. The minimum absolute atomic E-state index is 0.108. The van der Waals surface area contributed by atoms with E-state index in [-0.39, 0.29) is 12.1 Å². The number of nitrogens with zero attached hydrogens (tertiary/aromatic N) is 3. The van der Waals surface area contributed by atoms with Gasteiger partial charge < -0.3 is 20.6 Å². The van der Waals surface area contributed by atoms with E-state index in [0.717, 1.165) is 12.0 Å². The Hall–Kier alpha value is -2.51. The number of carbonyl (C=O) groups excluding carboxylic acids is 1. The third kappa shape index (κ3) is 5.60. The number of nitrogen functional groups attached to an aromatic ring is 1. The lowest BCUT2D eigenvalue weighted by Crippen LogP contribution is -2.57. The molecule has 3 rings (SSSR count). The molecule has 0 spiro atoms. The number of pyridine rings is 1. The highest BCUT2D eigenvalue weighted by molar-refractivity contribution is 6.31. The van der Waals surface area contributed by atoms with Crippen molar-refractivity contribution >= 4 is 46.6 Å². The summed E-state index contributed by atoms with van der Waals surface area (Å²) in [4.78, 5) is 32.1. The van der Waals surface area contributed by atoms with Gasteiger partial charge in [-0.15, -0.1) is 0 Å². The highest BCUT2D eigenvalue weighted by Crippen LogP contribution is 2.38. The monoisotopic (exact) mass is 464 g/mol. The fourth-order valence-electron chi connectivity index (χ4n) is 4.08. The Kier molecular flexibility index (Phi) is 7.28. The molecular weight excluding hydrogens is 439 g/mol. The Labute approximate surface area is 191 Å². The Bertz CT molecular complexity index is 952. The minimum atomic E-state index is -1.14. The van der Waals surface area contributed by atoms with E-state index in [1.54, 1.807) is 29.3 Å². The zero-order chi connectivity index (χ0) is 22.7. The van der Waals surface area contributed by atoms with Gasteiger partial charge in [0.2, 0.25) is 5.91 Å². The van der Waals surface area contributed by atoms with Gasteiger partial charge in [0.25, 0.3) is 0 Å². The highest BCUT2D eigenvalue weighted by atomic mass is 35.5. The van der Waals surface area contributed by atoms with Crippen molar-refractivity contribution in [3.05, 3.63) is 52.1 Å². The number of halogens is 2. The Morgan fingerprint density at radius 1 is 1.19 bits per heavy atom. The number of rotatable bonds is 6. The van der Waals surface area contributed by atoms with Gasteiger partial charge in [-0.3, -0.25) is 9.59 Å². The molecule has 166 valence electrons. The highest BCUT2D eigenvalue weighted by Gasteiger charge is 2.39. The fourth-order valence-corrected chi connectivity index (χ4v) is 4.37. The molecule has 0 aliphatic carbocycles. The average molecular weight is 465 g/mol. The summed E-state index contributed by atoms with van der Waals surface area (Å²) < 4.78 is 0. The molecule has 1 aliphatic rings. The molecule has 2 atom stereocenters. The smallest absolute Gasteiger partial charge is 0.312 e. The SMILES string of the molecule is CC(C)CC1CN(C(=O)CC(=O)O)CC(c2ccc(Cl)cc2)N1c1ncc(Cl)cc1N. The van der Waals surface area contributed by atoms with Crippen LogP contribution in [0.4, 0.5) is 11.5 Å². The zero-order valence-electron chi connectivity index (χ0n) is 17.5. The molecule has 31 heavy (non-hydrogen) atoms. The summed E-state index contributed by atoms with van der Waals surface area (Å²) in [7, 11) is 0. The van der Waals surface area contributed by atoms with Crippen molar-refractivity contribution in [2.75, 3.05) is 23.7 Å². The molecule has 0 saturated carbocycles. The van der Waals surface area contributed by atoms with E-state index in [1.165, 1.54) is 0 Å². The van der Waals surface area contributed by atoms with E-state index in [1.807, 2.05) is 12.1 Å². The normalized spacial score (nSPS) is 19.0. The first-order valence-electron chi connectivity index (χ1n) is 10.1. The molecule has 1 aromatic carbocycles. The molecule has 3 N–H and O–H groups in total. The number of piperazine rings is 1. The number of carboxylic acids is 1. The molecule has 0 radical (unpaired) electrons. The molecule has 9 heteroatoms. The molecular formula is C22H26Cl2N4O3. The second kappa shape index (κ2) is 9.75. The summed E-state index contributed by atoms with van der Waals surface area (Å²) in [5, 5.41) is 10.2. The second-order valence-electron chi connectivity index (χ2n) is 8.19. The van der Waals surface area contributed by atoms with Crippen molar-refractivity contribution in [2.45, 2.75) is 38.8 Å². The van der Waals surface area contributed by atoms with Gasteiger partial charge in [-0.05, 0) is 36.1 Å². The lowest BCUT2D eigenvalue weighted by Gasteiger charge is -2.48. The van der Waals surface area contributed by atoms with Gasteiger partial charge in [0.05, 0.1) is 16.8 Å². The van der Waals surface area contributed by atoms with Gasteiger partial charge in [0, 0.05) is 30.4 Å². The molecule has 2 heterocycles. The van der Waals surface area contributed by atoms with Crippen molar-refractivity contribution in [3.63, 3.8) is 0 Å². The summed E-state index contributed by atoms with van der Waals surface area (Å²) in [6, 6.07) is 8.68. The van der Waals surface area contributed by atoms with E-state index in [9.17, 15) is 9.59 Å². The van der Waals surface area contributed by atoms with Crippen LogP contribution in [-0.2, 0) is 9.59 Å². The third-order valence-electron chi connectivity index (χ3n) is 5.31. The molecule has 1 saturated heterocycles.